The number of benzene rings is 1. The van der Waals surface area contributed by atoms with Gasteiger partial charge in [-0.25, -0.2) is 13.9 Å². The summed E-state index contributed by atoms with van der Waals surface area (Å²) in [4.78, 5) is 20.7. The number of carbonyl (C=O) groups is 1. The molecule has 134 valence electrons. The van der Waals surface area contributed by atoms with E-state index in [2.05, 4.69) is 10.00 Å². The summed E-state index contributed by atoms with van der Waals surface area (Å²) in [5.41, 5.74) is 1.95. The van der Waals surface area contributed by atoms with E-state index in [1.54, 1.807) is 36.9 Å². The molecule has 1 atom stereocenters. The molecule has 1 fully saturated rings. The van der Waals surface area contributed by atoms with Gasteiger partial charge in [-0.15, -0.1) is 0 Å². The molecule has 0 unspecified atom stereocenters. The van der Waals surface area contributed by atoms with E-state index >= 15 is 0 Å². The number of halogens is 1. The molecular formula is C19H20FN5O. The molecule has 7 heteroatoms. The van der Waals surface area contributed by atoms with Crippen LogP contribution in [0.1, 0.15) is 34.8 Å². The standard InChI is InChI=1S/C19H20FN5O/c1-23(2)19(26)15-12-21-25-10-8-17(22-18(15)25)24-9-4-7-16(24)13-5-3-6-14(20)11-13/h3,5-6,8,10-12,16H,4,7,9H2,1-2H3/t16-/m1/s1. The van der Waals surface area contributed by atoms with Crippen LogP contribution in [0.4, 0.5) is 10.2 Å². The summed E-state index contributed by atoms with van der Waals surface area (Å²) in [7, 11) is 3.41. The van der Waals surface area contributed by atoms with Crippen molar-refractivity contribution in [3.8, 4) is 0 Å². The first-order valence-corrected chi connectivity index (χ1v) is 8.63. The maximum atomic E-state index is 13.6. The van der Waals surface area contributed by atoms with Gasteiger partial charge in [0.1, 0.15) is 17.2 Å². The second kappa shape index (κ2) is 6.40. The van der Waals surface area contributed by atoms with Gasteiger partial charge in [0, 0.05) is 26.8 Å². The minimum atomic E-state index is -0.229. The molecule has 0 radical (unpaired) electrons. The van der Waals surface area contributed by atoms with Gasteiger partial charge < -0.3 is 9.80 Å². The number of hydrogen-bond donors (Lipinski definition) is 0. The molecule has 6 nitrogen and oxygen atoms in total. The molecule has 0 N–H and O–H groups in total. The molecule has 3 heterocycles. The van der Waals surface area contributed by atoms with Crippen molar-refractivity contribution >= 4 is 17.4 Å². The number of rotatable bonds is 3. The Morgan fingerprint density at radius 3 is 2.92 bits per heavy atom. The summed E-state index contributed by atoms with van der Waals surface area (Å²) in [6.45, 7) is 0.843. The summed E-state index contributed by atoms with van der Waals surface area (Å²) < 4.78 is 15.3. The quantitative estimate of drug-likeness (QED) is 0.727. The van der Waals surface area contributed by atoms with E-state index in [0.717, 1.165) is 30.8 Å². The normalized spacial score (nSPS) is 17.0. The molecule has 1 saturated heterocycles. The van der Waals surface area contributed by atoms with Gasteiger partial charge in [-0.1, -0.05) is 12.1 Å². The smallest absolute Gasteiger partial charge is 0.258 e. The van der Waals surface area contributed by atoms with E-state index in [9.17, 15) is 9.18 Å². The van der Waals surface area contributed by atoms with Crippen molar-refractivity contribution in [3.05, 3.63) is 59.7 Å². The first-order valence-electron chi connectivity index (χ1n) is 8.63. The zero-order valence-electron chi connectivity index (χ0n) is 14.8. The second-order valence-electron chi connectivity index (χ2n) is 6.72. The summed E-state index contributed by atoms with van der Waals surface area (Å²) in [6, 6.07) is 8.70. The third kappa shape index (κ3) is 2.79. The zero-order chi connectivity index (χ0) is 18.3. The molecule has 0 bridgehead atoms. The van der Waals surface area contributed by atoms with Crippen molar-refractivity contribution < 1.29 is 9.18 Å². The van der Waals surface area contributed by atoms with Gasteiger partial charge in [-0.05, 0) is 36.6 Å². The minimum absolute atomic E-state index is 0.0802. The van der Waals surface area contributed by atoms with E-state index < -0.39 is 0 Å². The molecule has 4 rings (SSSR count). The largest absolute Gasteiger partial charge is 0.349 e. The van der Waals surface area contributed by atoms with Crippen molar-refractivity contribution in [2.75, 3.05) is 25.5 Å². The van der Waals surface area contributed by atoms with Gasteiger partial charge in [0.05, 0.1) is 12.2 Å². The predicted molar refractivity (Wildman–Crippen MR) is 96.7 cm³/mol. The number of carbonyl (C=O) groups excluding carboxylic acids is 1. The number of hydrogen-bond acceptors (Lipinski definition) is 4. The molecule has 1 amide bonds. The summed E-state index contributed by atoms with van der Waals surface area (Å²) in [6.07, 6.45) is 5.31. The Balaban J connectivity index is 1.73. The van der Waals surface area contributed by atoms with Gasteiger partial charge in [-0.2, -0.15) is 5.10 Å². The Kier molecular flexibility index (Phi) is 4.06. The van der Waals surface area contributed by atoms with Crippen LogP contribution in [-0.2, 0) is 0 Å². The number of anilines is 1. The van der Waals surface area contributed by atoms with Crippen LogP contribution >= 0.6 is 0 Å². The topological polar surface area (TPSA) is 53.7 Å². The van der Waals surface area contributed by atoms with E-state index in [4.69, 9.17) is 4.98 Å². The zero-order valence-corrected chi connectivity index (χ0v) is 14.8. The SMILES string of the molecule is CN(C)C(=O)c1cnn2ccc(N3CCC[C@@H]3c3cccc(F)c3)nc12. The highest BCUT2D eigenvalue weighted by molar-refractivity contribution is 5.99. The Labute approximate surface area is 150 Å². The maximum absolute atomic E-state index is 13.6. The van der Waals surface area contributed by atoms with Gasteiger partial charge >= 0.3 is 0 Å². The number of amides is 1. The van der Waals surface area contributed by atoms with E-state index in [-0.39, 0.29) is 17.8 Å². The monoisotopic (exact) mass is 353 g/mol. The van der Waals surface area contributed by atoms with Gasteiger partial charge in [0.15, 0.2) is 5.65 Å². The van der Waals surface area contributed by atoms with Crippen LogP contribution in [-0.4, -0.2) is 46.0 Å². The van der Waals surface area contributed by atoms with Crippen molar-refractivity contribution in [1.82, 2.24) is 19.5 Å². The predicted octanol–water partition coefficient (Wildman–Crippen LogP) is 2.91. The highest BCUT2D eigenvalue weighted by Gasteiger charge is 2.28. The third-order valence-corrected chi connectivity index (χ3v) is 4.77. The van der Waals surface area contributed by atoms with Crippen LogP contribution in [0.2, 0.25) is 0 Å². The van der Waals surface area contributed by atoms with Crippen LogP contribution in [0.3, 0.4) is 0 Å². The van der Waals surface area contributed by atoms with Crippen molar-refractivity contribution in [2.24, 2.45) is 0 Å². The molecule has 0 saturated carbocycles. The Hall–Kier alpha value is -2.96. The third-order valence-electron chi connectivity index (χ3n) is 4.77. The molecule has 1 aromatic carbocycles. The summed E-state index contributed by atoms with van der Waals surface area (Å²) >= 11 is 0. The van der Waals surface area contributed by atoms with Gasteiger partial charge in [0.2, 0.25) is 0 Å². The fourth-order valence-electron chi connectivity index (χ4n) is 3.51. The maximum Gasteiger partial charge on any atom is 0.258 e. The number of fused-ring (bicyclic) bond motifs is 1. The molecular weight excluding hydrogens is 333 g/mol. The highest BCUT2D eigenvalue weighted by Crippen LogP contribution is 2.35. The highest BCUT2D eigenvalue weighted by atomic mass is 19.1. The number of aromatic nitrogens is 3. The van der Waals surface area contributed by atoms with E-state index in [1.165, 1.54) is 11.0 Å². The van der Waals surface area contributed by atoms with Gasteiger partial charge in [-0.3, -0.25) is 4.79 Å². The van der Waals surface area contributed by atoms with Gasteiger partial charge in [0.25, 0.3) is 5.91 Å². The van der Waals surface area contributed by atoms with Crippen molar-refractivity contribution in [1.29, 1.82) is 0 Å². The van der Waals surface area contributed by atoms with Crippen molar-refractivity contribution in [2.45, 2.75) is 18.9 Å². The Bertz CT molecular complexity index is 967. The fraction of sp³-hybridized carbons (Fsp3) is 0.316. The molecule has 0 spiro atoms. The lowest BCUT2D eigenvalue weighted by Gasteiger charge is -2.26. The molecule has 1 aliphatic heterocycles. The molecule has 2 aromatic heterocycles. The van der Waals surface area contributed by atoms with Crippen LogP contribution in [0.25, 0.3) is 5.65 Å². The molecule has 1 aliphatic rings. The molecule has 0 aliphatic carbocycles. The first-order chi connectivity index (χ1) is 12.5. The minimum Gasteiger partial charge on any atom is -0.349 e. The van der Waals surface area contributed by atoms with E-state index in [1.807, 2.05) is 18.3 Å². The van der Waals surface area contributed by atoms with E-state index in [0.29, 0.717) is 11.2 Å². The van der Waals surface area contributed by atoms with Crippen LogP contribution in [0, 0.1) is 5.82 Å². The Morgan fingerprint density at radius 2 is 2.15 bits per heavy atom. The second-order valence-corrected chi connectivity index (χ2v) is 6.72. The fourth-order valence-corrected chi connectivity index (χ4v) is 3.51. The average molecular weight is 353 g/mol. The lowest BCUT2D eigenvalue weighted by Crippen LogP contribution is -2.24. The number of nitrogens with zero attached hydrogens (tertiary/aromatic N) is 5. The van der Waals surface area contributed by atoms with Crippen LogP contribution in [0.15, 0.2) is 42.7 Å². The molecule has 26 heavy (non-hydrogen) atoms. The van der Waals surface area contributed by atoms with Crippen LogP contribution < -0.4 is 4.90 Å². The lowest BCUT2D eigenvalue weighted by atomic mass is 10.0. The molecule has 3 aromatic rings. The Morgan fingerprint density at radius 1 is 1.31 bits per heavy atom. The average Bonchev–Trinajstić information content (AvgIpc) is 3.27. The summed E-state index contributed by atoms with van der Waals surface area (Å²) in [5.74, 6) is 0.415. The lowest BCUT2D eigenvalue weighted by molar-refractivity contribution is 0.0829. The van der Waals surface area contributed by atoms with Crippen molar-refractivity contribution in [3.63, 3.8) is 0 Å². The van der Waals surface area contributed by atoms with Crippen LogP contribution in [0.5, 0.6) is 0 Å². The summed E-state index contributed by atoms with van der Waals surface area (Å²) in [5, 5.41) is 4.22. The first kappa shape index (κ1) is 16.5.